The lowest BCUT2D eigenvalue weighted by Gasteiger charge is -2.15. The average molecular weight is 342 g/mol. The number of para-hydroxylation sites is 2. The van der Waals surface area contributed by atoms with Crippen molar-refractivity contribution in [2.24, 2.45) is 0 Å². The number of rotatable bonds is 1. The second-order valence-electron chi connectivity index (χ2n) is 6.00. The summed E-state index contributed by atoms with van der Waals surface area (Å²) >= 11 is 0. The van der Waals surface area contributed by atoms with Crippen LogP contribution in [0.25, 0.3) is 22.4 Å². The van der Waals surface area contributed by atoms with Crippen molar-refractivity contribution in [3.8, 4) is 11.4 Å². The van der Waals surface area contributed by atoms with E-state index < -0.39 is 11.4 Å². The lowest BCUT2D eigenvalue weighted by molar-refractivity contribution is 0.0953. The summed E-state index contributed by atoms with van der Waals surface area (Å²) in [4.78, 5) is 45.2. The number of H-pyrrole nitrogens is 1. The summed E-state index contributed by atoms with van der Waals surface area (Å²) in [5.41, 5.74) is 1.45. The topological polar surface area (TPSA) is 93.0 Å². The Bertz CT molecular complexity index is 1260. The number of nitrogens with one attached hydrogen (secondary N) is 1. The molecule has 0 bridgehead atoms. The Morgan fingerprint density at radius 2 is 1.46 bits per heavy atom. The summed E-state index contributed by atoms with van der Waals surface area (Å²) < 4.78 is 5.23. The number of aromatic amines is 1. The van der Waals surface area contributed by atoms with Crippen LogP contribution in [0.4, 0.5) is 0 Å². The molecule has 0 fully saturated rings. The first-order valence-corrected chi connectivity index (χ1v) is 7.95. The number of hydrogen-bond acceptors (Lipinski definition) is 5. The van der Waals surface area contributed by atoms with E-state index in [4.69, 9.17) is 4.42 Å². The molecule has 0 spiro atoms. The van der Waals surface area contributed by atoms with Crippen molar-refractivity contribution in [2.45, 2.75) is 0 Å². The SMILES string of the molecule is O=C1c2ccccc2C(=O)c2oc(=O)c(-c3nc4ccccc4[nH]3)cc21. The molecule has 6 heteroatoms. The van der Waals surface area contributed by atoms with Gasteiger partial charge in [0.05, 0.1) is 16.6 Å². The minimum atomic E-state index is -0.719. The number of hydrogen-bond donors (Lipinski definition) is 1. The first-order chi connectivity index (χ1) is 12.6. The maximum absolute atomic E-state index is 12.8. The molecule has 0 aliphatic heterocycles. The highest BCUT2D eigenvalue weighted by Gasteiger charge is 2.33. The van der Waals surface area contributed by atoms with Crippen molar-refractivity contribution < 1.29 is 14.0 Å². The van der Waals surface area contributed by atoms with Gasteiger partial charge in [-0.2, -0.15) is 0 Å². The van der Waals surface area contributed by atoms with Crippen LogP contribution < -0.4 is 5.63 Å². The number of imidazole rings is 1. The van der Waals surface area contributed by atoms with Gasteiger partial charge in [0.2, 0.25) is 5.78 Å². The van der Waals surface area contributed by atoms with Gasteiger partial charge in [0.25, 0.3) is 0 Å². The fourth-order valence-electron chi connectivity index (χ4n) is 3.20. The van der Waals surface area contributed by atoms with Gasteiger partial charge in [-0.25, -0.2) is 9.78 Å². The maximum atomic E-state index is 12.8. The van der Waals surface area contributed by atoms with Crippen LogP contribution in [0.2, 0.25) is 0 Å². The highest BCUT2D eigenvalue weighted by Crippen LogP contribution is 2.28. The summed E-state index contributed by atoms with van der Waals surface area (Å²) in [5, 5.41) is 0. The van der Waals surface area contributed by atoms with Gasteiger partial charge in [-0.15, -0.1) is 0 Å². The molecular formula is C20H10N2O4. The van der Waals surface area contributed by atoms with E-state index in [0.29, 0.717) is 16.9 Å². The number of aromatic nitrogens is 2. The Morgan fingerprint density at radius 1 is 0.769 bits per heavy atom. The molecule has 1 aliphatic carbocycles. The number of ketones is 2. The molecule has 0 unspecified atom stereocenters. The molecule has 5 rings (SSSR count). The Hall–Kier alpha value is -3.80. The largest absolute Gasteiger partial charge is 0.418 e. The van der Waals surface area contributed by atoms with Gasteiger partial charge in [0.15, 0.2) is 11.5 Å². The predicted molar refractivity (Wildman–Crippen MR) is 93.4 cm³/mol. The lowest BCUT2D eigenvalue weighted by atomic mass is 9.87. The fourth-order valence-corrected chi connectivity index (χ4v) is 3.20. The van der Waals surface area contributed by atoms with Crippen LogP contribution in [0, 0.1) is 0 Å². The van der Waals surface area contributed by atoms with Gasteiger partial charge in [0.1, 0.15) is 11.4 Å². The third-order valence-electron chi connectivity index (χ3n) is 4.46. The smallest absolute Gasteiger partial charge is 0.347 e. The third kappa shape index (κ3) is 1.92. The molecule has 1 N–H and O–H groups in total. The molecule has 2 aromatic carbocycles. The van der Waals surface area contributed by atoms with Crippen LogP contribution >= 0.6 is 0 Å². The normalized spacial score (nSPS) is 12.9. The van der Waals surface area contributed by atoms with Gasteiger partial charge in [-0.05, 0) is 18.2 Å². The van der Waals surface area contributed by atoms with Gasteiger partial charge in [-0.1, -0.05) is 36.4 Å². The molecule has 0 atom stereocenters. The van der Waals surface area contributed by atoms with E-state index in [9.17, 15) is 14.4 Å². The highest BCUT2D eigenvalue weighted by atomic mass is 16.4. The van der Waals surface area contributed by atoms with Gasteiger partial charge in [-0.3, -0.25) is 9.59 Å². The number of carbonyl (C=O) groups is 2. The summed E-state index contributed by atoms with van der Waals surface area (Å²) in [6, 6.07) is 15.2. The van der Waals surface area contributed by atoms with Crippen LogP contribution in [0.1, 0.15) is 32.0 Å². The zero-order valence-electron chi connectivity index (χ0n) is 13.3. The number of fused-ring (bicyclic) bond motifs is 3. The maximum Gasteiger partial charge on any atom is 0.347 e. The van der Waals surface area contributed by atoms with E-state index in [1.54, 1.807) is 30.3 Å². The summed E-state index contributed by atoms with van der Waals surface area (Å²) in [6.45, 7) is 0. The molecule has 6 nitrogen and oxygen atoms in total. The van der Waals surface area contributed by atoms with E-state index >= 15 is 0 Å². The minimum Gasteiger partial charge on any atom is -0.418 e. The molecule has 0 amide bonds. The molecule has 26 heavy (non-hydrogen) atoms. The fraction of sp³-hybridized carbons (Fsp3) is 0. The molecule has 4 aromatic rings. The van der Waals surface area contributed by atoms with Crippen molar-refractivity contribution in [3.63, 3.8) is 0 Å². The molecule has 1 aliphatic rings. The number of benzene rings is 2. The van der Waals surface area contributed by atoms with E-state index in [1.807, 2.05) is 18.2 Å². The van der Waals surface area contributed by atoms with Gasteiger partial charge in [0, 0.05) is 11.1 Å². The summed E-state index contributed by atoms with van der Waals surface area (Å²) in [6.07, 6.45) is 0. The second-order valence-corrected chi connectivity index (χ2v) is 6.00. The molecule has 124 valence electrons. The van der Waals surface area contributed by atoms with Crippen LogP contribution in [-0.4, -0.2) is 21.5 Å². The third-order valence-corrected chi connectivity index (χ3v) is 4.46. The summed E-state index contributed by atoms with van der Waals surface area (Å²) in [5.74, 6) is -0.750. The van der Waals surface area contributed by atoms with Crippen LogP contribution in [0.3, 0.4) is 0 Å². The predicted octanol–water partition coefficient (Wildman–Crippen LogP) is 2.96. The average Bonchev–Trinajstić information content (AvgIpc) is 3.09. The zero-order chi connectivity index (χ0) is 17.8. The van der Waals surface area contributed by atoms with Crippen LogP contribution in [0.15, 0.2) is 63.8 Å². The second kappa shape index (κ2) is 5.10. The Labute approximate surface area is 146 Å². The first-order valence-electron chi connectivity index (χ1n) is 7.95. The molecule has 2 aromatic heterocycles. The van der Waals surface area contributed by atoms with Crippen LogP contribution in [-0.2, 0) is 0 Å². The van der Waals surface area contributed by atoms with Crippen molar-refractivity contribution in [1.29, 1.82) is 0 Å². The standard InChI is InChI=1S/C20H10N2O4/c23-16-10-5-1-2-6-11(10)17(24)18-12(16)9-13(20(25)26-18)19-21-14-7-3-4-8-15(14)22-19/h1-9H,(H,21,22). The quantitative estimate of drug-likeness (QED) is 0.505. The first kappa shape index (κ1) is 14.5. The monoisotopic (exact) mass is 342 g/mol. The molecule has 2 heterocycles. The Kier molecular flexibility index (Phi) is 2.85. The Balaban J connectivity index is 1.75. The van der Waals surface area contributed by atoms with Crippen molar-refractivity contribution >= 4 is 22.6 Å². The van der Waals surface area contributed by atoms with Crippen molar-refractivity contribution in [2.75, 3.05) is 0 Å². The zero-order valence-corrected chi connectivity index (χ0v) is 13.3. The highest BCUT2D eigenvalue weighted by molar-refractivity contribution is 6.27. The number of carbonyl (C=O) groups excluding carboxylic acids is 2. The van der Waals surface area contributed by atoms with E-state index in [0.717, 1.165) is 5.52 Å². The van der Waals surface area contributed by atoms with Crippen molar-refractivity contribution in [1.82, 2.24) is 9.97 Å². The minimum absolute atomic E-state index is 0.0729. The van der Waals surface area contributed by atoms with E-state index in [-0.39, 0.29) is 28.2 Å². The Morgan fingerprint density at radius 3 is 2.23 bits per heavy atom. The van der Waals surface area contributed by atoms with Crippen molar-refractivity contribution in [3.05, 3.63) is 87.5 Å². The van der Waals surface area contributed by atoms with Crippen LogP contribution in [0.5, 0.6) is 0 Å². The van der Waals surface area contributed by atoms with Gasteiger partial charge < -0.3 is 9.40 Å². The molecular weight excluding hydrogens is 332 g/mol. The van der Waals surface area contributed by atoms with E-state index in [1.165, 1.54) is 6.07 Å². The molecule has 0 saturated heterocycles. The summed E-state index contributed by atoms with van der Waals surface area (Å²) in [7, 11) is 0. The molecule has 0 saturated carbocycles. The number of nitrogens with zero attached hydrogens (tertiary/aromatic N) is 1. The van der Waals surface area contributed by atoms with E-state index in [2.05, 4.69) is 9.97 Å². The van der Waals surface area contributed by atoms with Gasteiger partial charge >= 0.3 is 5.63 Å². The molecule has 0 radical (unpaired) electrons. The lowest BCUT2D eigenvalue weighted by Crippen LogP contribution is -2.23.